The van der Waals surface area contributed by atoms with Crippen LogP contribution >= 0.6 is 0 Å². The minimum Gasteiger partial charge on any atom is -0.395 e. The largest absolute Gasteiger partial charge is 0.395 e. The quantitative estimate of drug-likeness (QED) is 0.653. The Labute approximate surface area is 90.2 Å². The predicted molar refractivity (Wildman–Crippen MR) is 56.3 cm³/mol. The normalized spacial score (nSPS) is 30.1. The number of hydrogen-bond acceptors (Lipinski definition) is 4. The molecule has 1 aliphatic rings. The highest BCUT2D eigenvalue weighted by Gasteiger charge is 2.31. The molecule has 1 saturated heterocycles. The van der Waals surface area contributed by atoms with Crippen LogP contribution in [0.3, 0.4) is 0 Å². The number of carbonyl (C=O) groups is 1. The molecule has 0 aromatic rings. The Morgan fingerprint density at radius 1 is 1.67 bits per heavy atom. The van der Waals surface area contributed by atoms with Gasteiger partial charge in [-0.1, -0.05) is 6.92 Å². The molecule has 0 aromatic carbocycles. The molecule has 3 N–H and O–H groups in total. The summed E-state index contributed by atoms with van der Waals surface area (Å²) in [6, 6.07) is 0.0956. The average Bonchev–Trinajstić information content (AvgIpc) is 2.18. The van der Waals surface area contributed by atoms with Gasteiger partial charge in [-0.25, -0.2) is 0 Å². The summed E-state index contributed by atoms with van der Waals surface area (Å²) in [5, 5.41) is 9.19. The van der Waals surface area contributed by atoms with E-state index >= 15 is 0 Å². The molecule has 5 heteroatoms. The minimum absolute atomic E-state index is 0.0168. The molecular formula is C10H20N2O3. The molecule has 1 amide bonds. The molecule has 2 unspecified atom stereocenters. The first-order valence-corrected chi connectivity index (χ1v) is 5.38. The number of aliphatic hydroxyl groups excluding tert-OH is 1. The highest BCUT2D eigenvalue weighted by Crippen LogP contribution is 2.15. The van der Waals surface area contributed by atoms with Crippen LogP contribution in [0.4, 0.5) is 0 Å². The predicted octanol–water partition coefficient (Wildman–Crippen LogP) is -0.668. The van der Waals surface area contributed by atoms with Crippen molar-refractivity contribution in [1.29, 1.82) is 0 Å². The molecule has 0 aliphatic carbocycles. The second-order valence-corrected chi connectivity index (χ2v) is 4.04. The molecule has 15 heavy (non-hydrogen) atoms. The first-order valence-electron chi connectivity index (χ1n) is 5.38. The number of primary amides is 1. The summed E-state index contributed by atoms with van der Waals surface area (Å²) in [7, 11) is 0. The van der Waals surface area contributed by atoms with Crippen LogP contribution in [0.15, 0.2) is 0 Å². The van der Waals surface area contributed by atoms with Gasteiger partial charge in [0.05, 0.1) is 12.7 Å². The molecule has 1 rings (SSSR count). The highest BCUT2D eigenvalue weighted by atomic mass is 16.5. The molecule has 1 aliphatic heterocycles. The monoisotopic (exact) mass is 216 g/mol. The maximum atomic E-state index is 11.1. The number of amides is 1. The Kier molecular flexibility index (Phi) is 4.50. The number of nitrogens with zero attached hydrogens (tertiary/aromatic N) is 1. The van der Waals surface area contributed by atoms with Crippen LogP contribution in [-0.2, 0) is 9.53 Å². The summed E-state index contributed by atoms with van der Waals surface area (Å²) < 4.78 is 5.42. The lowest BCUT2D eigenvalue weighted by Gasteiger charge is -2.39. The van der Waals surface area contributed by atoms with Crippen molar-refractivity contribution in [3.05, 3.63) is 0 Å². The van der Waals surface area contributed by atoms with E-state index in [1.165, 1.54) is 0 Å². The van der Waals surface area contributed by atoms with Crippen LogP contribution in [0.5, 0.6) is 0 Å². The SMILES string of the molecule is CC[C@H](CO)N1CC(C)OC(C(N)=O)C1. The summed E-state index contributed by atoms with van der Waals surface area (Å²) in [6.07, 6.45) is 0.292. The number of carbonyl (C=O) groups excluding carboxylic acids is 1. The highest BCUT2D eigenvalue weighted by molar-refractivity contribution is 5.79. The topological polar surface area (TPSA) is 75.8 Å². The van der Waals surface area contributed by atoms with Crippen LogP contribution in [0, 0.1) is 0 Å². The first-order chi connectivity index (χ1) is 7.08. The molecular weight excluding hydrogens is 196 g/mol. The molecule has 0 saturated carbocycles. The van der Waals surface area contributed by atoms with E-state index in [0.717, 1.165) is 13.0 Å². The van der Waals surface area contributed by atoms with Crippen molar-refractivity contribution in [1.82, 2.24) is 4.90 Å². The smallest absolute Gasteiger partial charge is 0.247 e. The Morgan fingerprint density at radius 3 is 2.80 bits per heavy atom. The second kappa shape index (κ2) is 5.44. The molecule has 0 bridgehead atoms. The lowest BCUT2D eigenvalue weighted by molar-refractivity contribution is -0.145. The van der Waals surface area contributed by atoms with Crippen molar-refractivity contribution in [3.63, 3.8) is 0 Å². The number of morpholine rings is 1. The van der Waals surface area contributed by atoms with Gasteiger partial charge in [0.2, 0.25) is 5.91 Å². The summed E-state index contributed by atoms with van der Waals surface area (Å²) in [5.41, 5.74) is 5.22. The van der Waals surface area contributed by atoms with E-state index in [0.29, 0.717) is 6.54 Å². The maximum Gasteiger partial charge on any atom is 0.247 e. The van der Waals surface area contributed by atoms with Gasteiger partial charge in [0.25, 0.3) is 0 Å². The van der Waals surface area contributed by atoms with Gasteiger partial charge >= 0.3 is 0 Å². The lowest BCUT2D eigenvalue weighted by atomic mass is 10.1. The van der Waals surface area contributed by atoms with Crippen molar-refractivity contribution in [3.8, 4) is 0 Å². The van der Waals surface area contributed by atoms with Gasteiger partial charge in [0.15, 0.2) is 0 Å². The number of nitrogens with two attached hydrogens (primary N) is 1. The van der Waals surface area contributed by atoms with E-state index < -0.39 is 12.0 Å². The average molecular weight is 216 g/mol. The number of ether oxygens (including phenoxy) is 1. The molecule has 0 spiro atoms. The van der Waals surface area contributed by atoms with Crippen molar-refractivity contribution < 1.29 is 14.6 Å². The second-order valence-electron chi connectivity index (χ2n) is 4.04. The summed E-state index contributed by atoms with van der Waals surface area (Å²) >= 11 is 0. The molecule has 3 atom stereocenters. The van der Waals surface area contributed by atoms with Crippen LogP contribution in [-0.4, -0.2) is 53.9 Å². The third-order valence-electron chi connectivity index (χ3n) is 2.80. The van der Waals surface area contributed by atoms with E-state index in [1.807, 2.05) is 13.8 Å². The molecule has 5 nitrogen and oxygen atoms in total. The number of aliphatic hydroxyl groups is 1. The molecule has 0 aromatic heterocycles. The van der Waals surface area contributed by atoms with Gasteiger partial charge < -0.3 is 15.6 Å². The molecule has 88 valence electrons. The van der Waals surface area contributed by atoms with Gasteiger partial charge in [-0.15, -0.1) is 0 Å². The molecule has 0 radical (unpaired) electrons. The van der Waals surface area contributed by atoms with Gasteiger partial charge in [-0.2, -0.15) is 0 Å². The van der Waals surface area contributed by atoms with Crippen molar-refractivity contribution in [2.75, 3.05) is 19.7 Å². The van der Waals surface area contributed by atoms with Gasteiger partial charge in [0, 0.05) is 19.1 Å². The summed E-state index contributed by atoms with van der Waals surface area (Å²) in [4.78, 5) is 13.1. The first kappa shape index (κ1) is 12.4. The standard InChI is InChI=1S/C10H20N2O3/c1-3-8(6-13)12-4-7(2)15-9(5-12)10(11)14/h7-9,13H,3-6H2,1-2H3,(H2,11,14)/t7?,8-,9?/m1/s1. The Balaban J connectivity index is 2.61. The van der Waals surface area contributed by atoms with Gasteiger partial charge in [0.1, 0.15) is 6.10 Å². The Morgan fingerprint density at radius 2 is 2.33 bits per heavy atom. The van der Waals surface area contributed by atoms with E-state index in [2.05, 4.69) is 4.90 Å². The number of hydrogen-bond donors (Lipinski definition) is 2. The summed E-state index contributed by atoms with van der Waals surface area (Å²) in [5.74, 6) is -0.431. The zero-order chi connectivity index (χ0) is 11.4. The Hall–Kier alpha value is -0.650. The van der Waals surface area contributed by atoms with Gasteiger partial charge in [-0.05, 0) is 13.3 Å². The van der Waals surface area contributed by atoms with Crippen LogP contribution in [0.2, 0.25) is 0 Å². The molecule has 1 fully saturated rings. The lowest BCUT2D eigenvalue weighted by Crippen LogP contribution is -2.55. The zero-order valence-corrected chi connectivity index (χ0v) is 9.35. The van der Waals surface area contributed by atoms with E-state index in [1.54, 1.807) is 0 Å². The third kappa shape index (κ3) is 3.15. The fraction of sp³-hybridized carbons (Fsp3) is 0.900. The maximum absolute atomic E-state index is 11.1. The third-order valence-corrected chi connectivity index (χ3v) is 2.80. The fourth-order valence-electron chi connectivity index (χ4n) is 1.94. The fourth-order valence-corrected chi connectivity index (χ4v) is 1.94. The number of rotatable bonds is 4. The van der Waals surface area contributed by atoms with Crippen LogP contribution in [0.25, 0.3) is 0 Å². The van der Waals surface area contributed by atoms with Crippen LogP contribution in [0.1, 0.15) is 20.3 Å². The van der Waals surface area contributed by atoms with Crippen molar-refractivity contribution in [2.24, 2.45) is 5.73 Å². The minimum atomic E-state index is -0.547. The van der Waals surface area contributed by atoms with E-state index in [4.69, 9.17) is 10.5 Å². The van der Waals surface area contributed by atoms with Crippen molar-refractivity contribution in [2.45, 2.75) is 38.5 Å². The van der Waals surface area contributed by atoms with E-state index in [9.17, 15) is 9.90 Å². The van der Waals surface area contributed by atoms with Gasteiger partial charge in [-0.3, -0.25) is 9.69 Å². The van der Waals surface area contributed by atoms with Crippen LogP contribution < -0.4 is 5.73 Å². The van der Waals surface area contributed by atoms with E-state index in [-0.39, 0.29) is 18.8 Å². The zero-order valence-electron chi connectivity index (χ0n) is 9.35. The Bertz CT molecular complexity index is 219. The molecule has 1 heterocycles. The van der Waals surface area contributed by atoms with Crippen molar-refractivity contribution >= 4 is 5.91 Å². The summed E-state index contributed by atoms with van der Waals surface area (Å²) in [6.45, 7) is 5.25.